The van der Waals surface area contributed by atoms with Crippen molar-refractivity contribution in [1.82, 2.24) is 0 Å². The van der Waals surface area contributed by atoms with Crippen molar-refractivity contribution in [2.24, 2.45) is 0 Å². The van der Waals surface area contributed by atoms with Crippen LogP contribution in [0.4, 0.5) is 0 Å². The van der Waals surface area contributed by atoms with Crippen molar-refractivity contribution >= 4 is 22.2 Å². The summed E-state index contributed by atoms with van der Waals surface area (Å²) < 4.78 is 33.2. The maximum Gasteiger partial charge on any atom is 0.330 e. The van der Waals surface area contributed by atoms with Crippen LogP contribution in [0.25, 0.3) is 6.08 Å². The molecule has 0 radical (unpaired) electrons. The van der Waals surface area contributed by atoms with E-state index in [4.69, 9.17) is 9.66 Å². The largest absolute Gasteiger partial charge is 0.460 e. The van der Waals surface area contributed by atoms with Gasteiger partial charge in [0.15, 0.2) is 0 Å². The minimum absolute atomic E-state index is 0.0465. The normalized spacial score (nSPS) is 10.5. The third-order valence-corrected chi connectivity index (χ3v) is 2.21. The van der Waals surface area contributed by atoms with Gasteiger partial charge in [-0.05, 0) is 11.6 Å². The van der Waals surface area contributed by atoms with E-state index in [0.717, 1.165) is 17.0 Å². The monoisotopic (exact) mass is 300 g/mol. The van der Waals surface area contributed by atoms with Crippen LogP contribution in [0.3, 0.4) is 0 Å². The van der Waals surface area contributed by atoms with Gasteiger partial charge in [0.05, 0.1) is 12.0 Å². The summed E-state index contributed by atoms with van der Waals surface area (Å²) in [6.07, 6.45) is 2.38. The minimum atomic E-state index is -4.00. The van der Waals surface area contributed by atoms with E-state index in [-0.39, 0.29) is 13.2 Å². The molecule has 0 fully saturated rings. The Balaban J connectivity index is 0.000000396. The van der Waals surface area contributed by atoms with Gasteiger partial charge in [0, 0.05) is 6.08 Å². The predicted molar refractivity (Wildman–Crippen MR) is 75.3 cm³/mol. The average Bonchev–Trinajstić information content (AvgIpc) is 2.43. The van der Waals surface area contributed by atoms with Gasteiger partial charge in [0.1, 0.15) is 6.61 Å². The lowest BCUT2D eigenvalue weighted by Crippen LogP contribution is -2.04. The van der Waals surface area contributed by atoms with E-state index < -0.39 is 16.1 Å². The van der Waals surface area contributed by atoms with Crippen molar-refractivity contribution in [2.75, 3.05) is 13.2 Å². The Labute approximate surface area is 117 Å². The van der Waals surface area contributed by atoms with Gasteiger partial charge in [-0.2, -0.15) is 8.42 Å². The van der Waals surface area contributed by atoms with Crippen LogP contribution >= 0.6 is 0 Å². The number of ether oxygens (including phenoxy) is 1. The summed E-state index contributed by atoms with van der Waals surface area (Å²) in [5, 5.41) is 8.85. The van der Waals surface area contributed by atoms with Crippen molar-refractivity contribution in [3.63, 3.8) is 0 Å². The molecule has 1 aromatic carbocycles. The van der Waals surface area contributed by atoms with Crippen molar-refractivity contribution in [3.8, 4) is 0 Å². The highest BCUT2D eigenvalue weighted by molar-refractivity contribution is 7.88. The third-order valence-electron chi connectivity index (χ3n) is 1.73. The number of rotatable bonds is 5. The average molecular weight is 300 g/mol. The number of hydrogen-bond donors (Lipinski definition) is 2. The molecule has 1 aromatic rings. The Kier molecular flexibility index (Phi) is 8.93. The lowest BCUT2D eigenvalue weighted by Gasteiger charge is -1.94. The zero-order chi connectivity index (χ0) is 15.4. The molecule has 0 unspecified atom stereocenters. The Bertz CT molecular complexity index is 533. The summed E-state index contributed by atoms with van der Waals surface area (Å²) >= 11 is 0. The number of hydrogen-bond acceptors (Lipinski definition) is 5. The van der Waals surface area contributed by atoms with Crippen molar-refractivity contribution < 1.29 is 27.6 Å². The molecule has 2 N–H and O–H groups in total. The van der Waals surface area contributed by atoms with Crippen LogP contribution in [-0.4, -0.2) is 37.3 Å². The fourth-order valence-electron chi connectivity index (χ4n) is 0.934. The molecule has 0 aliphatic rings. The molecule has 0 spiro atoms. The summed E-state index contributed by atoms with van der Waals surface area (Å²) in [6.45, 7) is 3.06. The van der Waals surface area contributed by atoms with Gasteiger partial charge in [0.25, 0.3) is 10.1 Å². The standard InChI is InChI=1S/C8H8O3S.C5H8O3/c9-12(10,11)7-6-8-4-2-1-3-5-8;1-2-5(7)8-4-3-6/h1-7H,(H,9,10,11);2,6H,1,3-4H2. The molecule has 20 heavy (non-hydrogen) atoms. The van der Waals surface area contributed by atoms with Crippen LogP contribution in [0.15, 0.2) is 48.4 Å². The van der Waals surface area contributed by atoms with Crippen LogP contribution < -0.4 is 0 Å². The van der Waals surface area contributed by atoms with Gasteiger partial charge in [0.2, 0.25) is 0 Å². The zero-order valence-corrected chi connectivity index (χ0v) is 11.5. The molecule has 0 amide bonds. The fraction of sp³-hybridized carbons (Fsp3) is 0.154. The van der Waals surface area contributed by atoms with Gasteiger partial charge in [-0.25, -0.2) is 4.79 Å². The number of carbonyl (C=O) groups excluding carboxylic acids is 1. The molecule has 0 heterocycles. The molecule has 0 atom stereocenters. The second-order valence-corrected chi connectivity index (χ2v) is 4.63. The summed E-state index contributed by atoms with van der Waals surface area (Å²) in [7, 11) is -4.00. The molecule has 0 bridgehead atoms. The van der Waals surface area contributed by atoms with Crippen LogP contribution in [-0.2, 0) is 19.6 Å². The highest BCUT2D eigenvalue weighted by Crippen LogP contribution is 2.01. The van der Waals surface area contributed by atoms with Crippen LogP contribution in [0.5, 0.6) is 0 Å². The Morgan fingerprint density at radius 1 is 1.30 bits per heavy atom. The lowest BCUT2D eigenvalue weighted by molar-refractivity contribution is -0.138. The first-order chi connectivity index (χ1) is 9.39. The topological polar surface area (TPSA) is 101 Å². The SMILES string of the molecule is C=CC(=O)OCCO.O=S(=O)(O)C=Cc1ccccc1. The number of aliphatic hydroxyl groups is 1. The first-order valence-corrected chi connectivity index (χ1v) is 7.00. The summed E-state index contributed by atoms with van der Waals surface area (Å²) in [4.78, 5) is 10.1. The van der Waals surface area contributed by atoms with Gasteiger partial charge >= 0.3 is 5.97 Å². The lowest BCUT2D eigenvalue weighted by atomic mass is 10.2. The molecule has 1 rings (SSSR count). The Morgan fingerprint density at radius 3 is 2.35 bits per heavy atom. The molecule has 0 aliphatic carbocycles. The zero-order valence-electron chi connectivity index (χ0n) is 10.7. The van der Waals surface area contributed by atoms with E-state index in [1.165, 1.54) is 6.08 Å². The van der Waals surface area contributed by atoms with Crippen LogP contribution in [0.1, 0.15) is 5.56 Å². The molecule has 0 aromatic heterocycles. The van der Waals surface area contributed by atoms with E-state index in [1.807, 2.05) is 6.07 Å². The molecular weight excluding hydrogens is 284 g/mol. The molecule has 0 aliphatic heterocycles. The molecular formula is C13H16O6S. The van der Waals surface area contributed by atoms with Crippen LogP contribution in [0.2, 0.25) is 0 Å². The van der Waals surface area contributed by atoms with Gasteiger partial charge in [-0.3, -0.25) is 4.55 Å². The summed E-state index contributed by atoms with van der Waals surface area (Å²) in [5.41, 5.74) is 0.732. The van der Waals surface area contributed by atoms with E-state index in [0.29, 0.717) is 0 Å². The van der Waals surface area contributed by atoms with E-state index >= 15 is 0 Å². The van der Waals surface area contributed by atoms with Crippen molar-refractivity contribution in [3.05, 3.63) is 54.0 Å². The highest BCUT2D eigenvalue weighted by atomic mass is 32.2. The fourth-order valence-corrected chi connectivity index (χ4v) is 1.26. The number of carbonyl (C=O) groups is 1. The third kappa shape index (κ3) is 11.1. The summed E-state index contributed by atoms with van der Waals surface area (Å²) in [5.74, 6) is -0.501. The van der Waals surface area contributed by atoms with Gasteiger partial charge in [-0.15, -0.1) is 0 Å². The molecule has 7 heteroatoms. The second-order valence-electron chi connectivity index (χ2n) is 3.32. The minimum Gasteiger partial charge on any atom is -0.460 e. The van der Waals surface area contributed by atoms with E-state index in [1.54, 1.807) is 24.3 Å². The Hall–Kier alpha value is -1.96. The van der Waals surface area contributed by atoms with Crippen LogP contribution in [0, 0.1) is 0 Å². The predicted octanol–water partition coefficient (Wildman–Crippen LogP) is 1.25. The first-order valence-electron chi connectivity index (χ1n) is 5.49. The smallest absolute Gasteiger partial charge is 0.330 e. The highest BCUT2D eigenvalue weighted by Gasteiger charge is 1.94. The number of benzene rings is 1. The maximum atomic E-state index is 10.3. The quantitative estimate of drug-likeness (QED) is 0.482. The molecule has 0 saturated heterocycles. The molecule has 110 valence electrons. The van der Waals surface area contributed by atoms with E-state index in [2.05, 4.69) is 11.3 Å². The molecule has 0 saturated carbocycles. The first kappa shape index (κ1) is 18.0. The van der Waals surface area contributed by atoms with Gasteiger partial charge < -0.3 is 9.84 Å². The Morgan fingerprint density at radius 2 is 1.90 bits per heavy atom. The van der Waals surface area contributed by atoms with E-state index in [9.17, 15) is 13.2 Å². The van der Waals surface area contributed by atoms with Gasteiger partial charge in [-0.1, -0.05) is 36.9 Å². The van der Waals surface area contributed by atoms with Crippen molar-refractivity contribution in [1.29, 1.82) is 0 Å². The number of aliphatic hydroxyl groups excluding tert-OH is 1. The van der Waals surface area contributed by atoms with Crippen molar-refractivity contribution in [2.45, 2.75) is 0 Å². The number of esters is 1. The maximum absolute atomic E-state index is 10.3. The second kappa shape index (κ2) is 9.90. The summed E-state index contributed by atoms with van der Waals surface area (Å²) in [6, 6.07) is 8.86. The molecule has 6 nitrogen and oxygen atoms in total.